The monoisotopic (exact) mass is 156 g/mol. The summed E-state index contributed by atoms with van der Waals surface area (Å²) in [5.41, 5.74) is -0.446. The van der Waals surface area contributed by atoms with Gasteiger partial charge in [-0.25, -0.2) is 0 Å². The highest BCUT2D eigenvalue weighted by Crippen LogP contribution is 2.36. The fraction of sp³-hybridized carbons (Fsp3) is 0.889. The number of aliphatic hydroxyl groups is 1. The second-order valence-corrected chi connectivity index (χ2v) is 3.74. The highest BCUT2D eigenvalue weighted by Gasteiger charge is 2.39. The summed E-state index contributed by atoms with van der Waals surface area (Å²) in [5, 5.41) is 9.58. The molecule has 2 heteroatoms. The van der Waals surface area contributed by atoms with Gasteiger partial charge in [0, 0.05) is 0 Å². The number of hydrogen-bond acceptors (Lipinski definition) is 2. The summed E-state index contributed by atoms with van der Waals surface area (Å²) < 4.78 is 0. The molecular weight excluding hydrogens is 140 g/mol. The molecule has 1 fully saturated rings. The Morgan fingerprint density at radius 1 is 1.55 bits per heavy atom. The smallest absolute Gasteiger partial charge is 0.138 e. The molecule has 0 heterocycles. The standard InChI is InChI=1S/C9H16O2/c1-7(10)9(2)6-4-3-5-8(9)11/h8,11H,3-6H2,1-2H3/t8-,9-/m0/s1. The van der Waals surface area contributed by atoms with Gasteiger partial charge in [-0.15, -0.1) is 0 Å². The summed E-state index contributed by atoms with van der Waals surface area (Å²) in [5.74, 6) is 0.129. The third kappa shape index (κ3) is 1.45. The third-order valence-electron chi connectivity index (χ3n) is 2.96. The van der Waals surface area contributed by atoms with Crippen LogP contribution in [-0.4, -0.2) is 17.0 Å². The Kier molecular flexibility index (Phi) is 2.33. The third-order valence-corrected chi connectivity index (χ3v) is 2.96. The van der Waals surface area contributed by atoms with Crippen molar-refractivity contribution in [1.82, 2.24) is 0 Å². The van der Waals surface area contributed by atoms with Crippen LogP contribution in [0.25, 0.3) is 0 Å². The van der Waals surface area contributed by atoms with Crippen molar-refractivity contribution in [3.63, 3.8) is 0 Å². The fourth-order valence-corrected chi connectivity index (χ4v) is 1.73. The van der Waals surface area contributed by atoms with E-state index in [9.17, 15) is 9.90 Å². The molecule has 2 atom stereocenters. The molecule has 0 unspecified atom stereocenters. The molecular formula is C9H16O2. The lowest BCUT2D eigenvalue weighted by Crippen LogP contribution is -2.41. The van der Waals surface area contributed by atoms with Gasteiger partial charge in [-0.3, -0.25) is 4.79 Å². The van der Waals surface area contributed by atoms with Gasteiger partial charge in [-0.2, -0.15) is 0 Å². The van der Waals surface area contributed by atoms with Gasteiger partial charge < -0.3 is 5.11 Å². The van der Waals surface area contributed by atoms with Gasteiger partial charge in [0.25, 0.3) is 0 Å². The van der Waals surface area contributed by atoms with E-state index in [4.69, 9.17) is 0 Å². The van der Waals surface area contributed by atoms with Gasteiger partial charge in [0.05, 0.1) is 11.5 Å². The summed E-state index contributed by atoms with van der Waals surface area (Å²) in [4.78, 5) is 11.2. The zero-order chi connectivity index (χ0) is 8.48. The van der Waals surface area contributed by atoms with Crippen LogP contribution in [0.1, 0.15) is 39.5 Å². The number of hydrogen-bond donors (Lipinski definition) is 1. The van der Waals surface area contributed by atoms with Gasteiger partial charge in [0.1, 0.15) is 5.78 Å². The molecule has 1 saturated carbocycles. The quantitative estimate of drug-likeness (QED) is 0.625. The molecule has 0 amide bonds. The van der Waals surface area contributed by atoms with E-state index in [-0.39, 0.29) is 5.78 Å². The predicted molar refractivity (Wildman–Crippen MR) is 43.3 cm³/mol. The van der Waals surface area contributed by atoms with Crippen molar-refractivity contribution in [2.75, 3.05) is 0 Å². The topological polar surface area (TPSA) is 37.3 Å². The van der Waals surface area contributed by atoms with Crippen LogP contribution in [0.3, 0.4) is 0 Å². The first kappa shape index (κ1) is 8.72. The Bertz CT molecular complexity index is 165. The van der Waals surface area contributed by atoms with E-state index in [1.165, 1.54) is 0 Å². The predicted octanol–water partition coefficient (Wildman–Crippen LogP) is 1.52. The lowest BCUT2D eigenvalue weighted by molar-refractivity contribution is -0.134. The average Bonchev–Trinajstić information content (AvgIpc) is 1.95. The molecule has 0 bridgehead atoms. The second-order valence-electron chi connectivity index (χ2n) is 3.74. The molecule has 64 valence electrons. The maximum atomic E-state index is 11.2. The fourth-order valence-electron chi connectivity index (χ4n) is 1.73. The Morgan fingerprint density at radius 3 is 2.55 bits per heavy atom. The zero-order valence-corrected chi connectivity index (χ0v) is 7.26. The summed E-state index contributed by atoms with van der Waals surface area (Å²) in [6.07, 6.45) is 3.37. The number of carbonyl (C=O) groups is 1. The van der Waals surface area contributed by atoms with Crippen molar-refractivity contribution in [3.05, 3.63) is 0 Å². The van der Waals surface area contributed by atoms with Crippen molar-refractivity contribution < 1.29 is 9.90 Å². The lowest BCUT2D eigenvalue weighted by Gasteiger charge is -2.35. The number of Topliss-reactive ketones (excluding diaryl/α,β-unsaturated/α-hetero) is 1. The molecule has 1 aliphatic rings. The number of aliphatic hydroxyl groups excluding tert-OH is 1. The van der Waals surface area contributed by atoms with Crippen molar-refractivity contribution >= 4 is 5.78 Å². The average molecular weight is 156 g/mol. The van der Waals surface area contributed by atoms with Gasteiger partial charge in [0.15, 0.2) is 0 Å². The summed E-state index contributed by atoms with van der Waals surface area (Å²) in [7, 11) is 0. The van der Waals surface area contributed by atoms with Crippen LogP contribution in [0.2, 0.25) is 0 Å². The van der Waals surface area contributed by atoms with Crippen LogP contribution in [0, 0.1) is 5.41 Å². The first-order valence-electron chi connectivity index (χ1n) is 4.26. The molecule has 0 radical (unpaired) electrons. The maximum Gasteiger partial charge on any atom is 0.138 e. The molecule has 11 heavy (non-hydrogen) atoms. The van der Waals surface area contributed by atoms with Crippen LogP contribution >= 0.6 is 0 Å². The van der Waals surface area contributed by atoms with E-state index in [1.54, 1.807) is 6.92 Å². The molecule has 0 aliphatic heterocycles. The SMILES string of the molecule is CC(=O)[C@]1(C)CCCC[C@@H]1O. The van der Waals surface area contributed by atoms with Gasteiger partial charge in [0.2, 0.25) is 0 Å². The van der Waals surface area contributed by atoms with Gasteiger partial charge in [-0.1, -0.05) is 19.8 Å². The largest absolute Gasteiger partial charge is 0.392 e. The maximum absolute atomic E-state index is 11.2. The van der Waals surface area contributed by atoms with Crippen molar-refractivity contribution in [1.29, 1.82) is 0 Å². The van der Waals surface area contributed by atoms with Crippen molar-refractivity contribution in [2.45, 2.75) is 45.6 Å². The molecule has 0 saturated heterocycles. The van der Waals surface area contributed by atoms with Crippen molar-refractivity contribution in [3.8, 4) is 0 Å². The molecule has 1 N–H and O–H groups in total. The molecule has 0 aromatic rings. The van der Waals surface area contributed by atoms with E-state index >= 15 is 0 Å². The Morgan fingerprint density at radius 2 is 2.18 bits per heavy atom. The minimum Gasteiger partial charge on any atom is -0.392 e. The van der Waals surface area contributed by atoms with Crippen molar-refractivity contribution in [2.24, 2.45) is 5.41 Å². The Balaban J connectivity index is 2.72. The minimum absolute atomic E-state index is 0.129. The van der Waals surface area contributed by atoms with Crippen LogP contribution in [0.4, 0.5) is 0 Å². The first-order chi connectivity index (χ1) is 5.07. The van der Waals surface area contributed by atoms with Gasteiger partial charge in [-0.05, 0) is 19.8 Å². The highest BCUT2D eigenvalue weighted by atomic mass is 16.3. The lowest BCUT2D eigenvalue weighted by atomic mass is 9.71. The first-order valence-corrected chi connectivity index (χ1v) is 4.26. The van der Waals surface area contributed by atoms with Crippen LogP contribution in [0.5, 0.6) is 0 Å². The molecule has 0 aromatic carbocycles. The number of carbonyl (C=O) groups excluding carboxylic acids is 1. The Hall–Kier alpha value is -0.370. The molecule has 2 nitrogen and oxygen atoms in total. The molecule has 0 aromatic heterocycles. The molecule has 0 spiro atoms. The van der Waals surface area contributed by atoms with Crippen LogP contribution in [-0.2, 0) is 4.79 Å². The van der Waals surface area contributed by atoms with E-state index in [0.29, 0.717) is 0 Å². The number of ketones is 1. The van der Waals surface area contributed by atoms with E-state index in [0.717, 1.165) is 25.7 Å². The summed E-state index contributed by atoms with van der Waals surface area (Å²) >= 11 is 0. The van der Waals surface area contributed by atoms with Crippen LogP contribution < -0.4 is 0 Å². The zero-order valence-electron chi connectivity index (χ0n) is 7.26. The van der Waals surface area contributed by atoms with Gasteiger partial charge >= 0.3 is 0 Å². The van der Waals surface area contributed by atoms with E-state index < -0.39 is 11.5 Å². The van der Waals surface area contributed by atoms with E-state index in [2.05, 4.69) is 0 Å². The highest BCUT2D eigenvalue weighted by molar-refractivity contribution is 5.82. The Labute approximate surface area is 67.6 Å². The summed E-state index contributed by atoms with van der Waals surface area (Å²) in [6.45, 7) is 3.45. The summed E-state index contributed by atoms with van der Waals surface area (Å²) in [6, 6.07) is 0. The molecule has 1 rings (SSSR count). The van der Waals surface area contributed by atoms with Crippen LogP contribution in [0.15, 0.2) is 0 Å². The number of rotatable bonds is 1. The minimum atomic E-state index is -0.446. The normalized spacial score (nSPS) is 38.6. The molecule has 1 aliphatic carbocycles. The van der Waals surface area contributed by atoms with E-state index in [1.807, 2.05) is 6.92 Å². The second kappa shape index (κ2) is 2.94.